The fraction of sp³-hybridized carbons (Fsp3) is 0.929. The van der Waals surface area contributed by atoms with Crippen LogP contribution in [-0.4, -0.2) is 18.0 Å². The molecule has 3 heteroatoms. The van der Waals surface area contributed by atoms with E-state index in [1.807, 2.05) is 6.92 Å². The summed E-state index contributed by atoms with van der Waals surface area (Å²) < 4.78 is 0. The molecular formula is C14H30N2O. The maximum Gasteiger partial charge on any atom is 0.220 e. The van der Waals surface area contributed by atoms with Gasteiger partial charge in [0, 0.05) is 13.0 Å². The number of nitrogens with one attached hydrogen (secondary N) is 1. The molecule has 0 radical (unpaired) electrons. The van der Waals surface area contributed by atoms with Gasteiger partial charge in [0.1, 0.15) is 0 Å². The van der Waals surface area contributed by atoms with E-state index in [1.165, 1.54) is 19.3 Å². The van der Waals surface area contributed by atoms with Crippen LogP contribution in [0.4, 0.5) is 0 Å². The summed E-state index contributed by atoms with van der Waals surface area (Å²) in [5.74, 6) is 0.500. The Balaban J connectivity index is 3.84. The number of carbonyl (C=O) groups is 1. The Morgan fingerprint density at radius 3 is 2.29 bits per heavy atom. The van der Waals surface area contributed by atoms with Crippen molar-refractivity contribution >= 4 is 5.91 Å². The summed E-state index contributed by atoms with van der Waals surface area (Å²) in [6.07, 6.45) is 6.53. The number of nitrogens with two attached hydrogens (primary N) is 1. The lowest BCUT2D eigenvalue weighted by Crippen LogP contribution is -2.54. The highest BCUT2D eigenvalue weighted by atomic mass is 16.1. The van der Waals surface area contributed by atoms with Crippen molar-refractivity contribution in [2.45, 2.75) is 71.8 Å². The third kappa shape index (κ3) is 6.67. The molecule has 0 saturated carbocycles. The summed E-state index contributed by atoms with van der Waals surface area (Å²) in [5, 5.41) is 3.07. The molecule has 102 valence electrons. The van der Waals surface area contributed by atoms with Gasteiger partial charge < -0.3 is 11.1 Å². The monoisotopic (exact) mass is 242 g/mol. The van der Waals surface area contributed by atoms with Crippen LogP contribution in [0.2, 0.25) is 0 Å². The Morgan fingerprint density at radius 1 is 1.24 bits per heavy atom. The molecule has 0 rings (SSSR count). The van der Waals surface area contributed by atoms with Crippen molar-refractivity contribution < 1.29 is 4.79 Å². The third-order valence-electron chi connectivity index (χ3n) is 3.63. The van der Waals surface area contributed by atoms with Crippen molar-refractivity contribution in [3.8, 4) is 0 Å². The Bertz CT molecular complexity index is 216. The van der Waals surface area contributed by atoms with Crippen LogP contribution in [0.25, 0.3) is 0 Å². The van der Waals surface area contributed by atoms with Crippen LogP contribution >= 0.6 is 0 Å². The van der Waals surface area contributed by atoms with Gasteiger partial charge in [-0.2, -0.15) is 0 Å². The van der Waals surface area contributed by atoms with E-state index < -0.39 is 0 Å². The molecule has 1 atom stereocenters. The fourth-order valence-electron chi connectivity index (χ4n) is 1.70. The minimum atomic E-state index is -0.263. The van der Waals surface area contributed by atoms with Gasteiger partial charge in [0.15, 0.2) is 0 Å². The summed E-state index contributed by atoms with van der Waals surface area (Å²) in [6, 6.07) is 0. The highest BCUT2D eigenvalue weighted by Gasteiger charge is 2.27. The number of hydrogen-bond donors (Lipinski definition) is 2. The molecule has 0 aliphatic heterocycles. The summed E-state index contributed by atoms with van der Waals surface area (Å²) in [6.45, 7) is 8.89. The van der Waals surface area contributed by atoms with Gasteiger partial charge in [-0.25, -0.2) is 0 Å². The molecule has 3 nitrogen and oxygen atoms in total. The number of rotatable bonds is 9. The number of carbonyl (C=O) groups excluding carboxylic acids is 1. The van der Waals surface area contributed by atoms with Crippen molar-refractivity contribution in [3.05, 3.63) is 0 Å². The number of unbranched alkanes of at least 4 members (excludes halogenated alkanes) is 4. The maximum atomic E-state index is 11.8. The van der Waals surface area contributed by atoms with Crippen LogP contribution in [0.1, 0.15) is 66.2 Å². The first-order valence-corrected chi connectivity index (χ1v) is 6.97. The standard InChI is InChI=1S/C14H30N2O/c1-5-6-7-8-9-10-13(17)16-14(4,11-15)12(2)3/h12H,5-11,15H2,1-4H3,(H,16,17). The van der Waals surface area contributed by atoms with Crippen molar-refractivity contribution in [1.82, 2.24) is 5.32 Å². The molecule has 0 aliphatic rings. The van der Waals surface area contributed by atoms with Crippen LogP contribution in [0.15, 0.2) is 0 Å². The highest BCUT2D eigenvalue weighted by Crippen LogP contribution is 2.15. The summed E-state index contributed by atoms with van der Waals surface area (Å²) >= 11 is 0. The van der Waals surface area contributed by atoms with Gasteiger partial charge in [0.05, 0.1) is 5.54 Å². The largest absolute Gasteiger partial charge is 0.349 e. The average Bonchev–Trinajstić information content (AvgIpc) is 2.28. The van der Waals surface area contributed by atoms with Crippen LogP contribution in [-0.2, 0) is 4.79 Å². The molecule has 0 aliphatic carbocycles. The zero-order chi connectivity index (χ0) is 13.3. The van der Waals surface area contributed by atoms with Crippen LogP contribution in [0, 0.1) is 5.92 Å². The molecule has 1 amide bonds. The Labute approximate surface area is 107 Å². The van der Waals surface area contributed by atoms with Crippen molar-refractivity contribution in [1.29, 1.82) is 0 Å². The van der Waals surface area contributed by atoms with Gasteiger partial charge in [-0.05, 0) is 19.3 Å². The molecule has 0 aromatic rings. The summed E-state index contributed by atoms with van der Waals surface area (Å²) in [4.78, 5) is 11.8. The lowest BCUT2D eigenvalue weighted by Gasteiger charge is -2.33. The van der Waals surface area contributed by atoms with Gasteiger partial charge in [0.2, 0.25) is 5.91 Å². The van der Waals surface area contributed by atoms with E-state index in [4.69, 9.17) is 5.73 Å². The Hall–Kier alpha value is -0.570. The van der Waals surface area contributed by atoms with Gasteiger partial charge in [-0.1, -0.05) is 46.5 Å². The third-order valence-corrected chi connectivity index (χ3v) is 3.63. The Kier molecular flexibility index (Phi) is 8.23. The smallest absolute Gasteiger partial charge is 0.220 e. The maximum absolute atomic E-state index is 11.8. The van der Waals surface area contributed by atoms with Crippen LogP contribution in [0.5, 0.6) is 0 Å². The average molecular weight is 242 g/mol. The van der Waals surface area contributed by atoms with E-state index in [-0.39, 0.29) is 11.4 Å². The zero-order valence-electron chi connectivity index (χ0n) is 12.0. The minimum absolute atomic E-state index is 0.142. The zero-order valence-corrected chi connectivity index (χ0v) is 12.0. The molecule has 0 fully saturated rings. The van der Waals surface area contributed by atoms with Gasteiger partial charge in [0.25, 0.3) is 0 Å². The molecular weight excluding hydrogens is 212 g/mol. The molecule has 0 aromatic heterocycles. The molecule has 17 heavy (non-hydrogen) atoms. The first-order chi connectivity index (χ1) is 7.96. The van der Waals surface area contributed by atoms with E-state index >= 15 is 0 Å². The first-order valence-electron chi connectivity index (χ1n) is 6.97. The molecule has 1 unspecified atom stereocenters. The van der Waals surface area contributed by atoms with Gasteiger partial charge in [-0.15, -0.1) is 0 Å². The van der Waals surface area contributed by atoms with E-state index in [1.54, 1.807) is 0 Å². The number of amides is 1. The second kappa shape index (κ2) is 8.51. The molecule has 0 saturated heterocycles. The van der Waals surface area contributed by atoms with E-state index in [9.17, 15) is 4.79 Å². The topological polar surface area (TPSA) is 55.1 Å². The molecule has 0 bridgehead atoms. The second-order valence-electron chi connectivity index (χ2n) is 5.49. The number of hydrogen-bond acceptors (Lipinski definition) is 2. The van der Waals surface area contributed by atoms with Crippen molar-refractivity contribution in [2.24, 2.45) is 11.7 Å². The van der Waals surface area contributed by atoms with E-state index in [0.29, 0.717) is 18.9 Å². The van der Waals surface area contributed by atoms with E-state index in [2.05, 4.69) is 26.1 Å². The molecule has 0 heterocycles. The first kappa shape index (κ1) is 16.4. The van der Waals surface area contributed by atoms with E-state index in [0.717, 1.165) is 12.8 Å². The minimum Gasteiger partial charge on any atom is -0.349 e. The quantitative estimate of drug-likeness (QED) is 0.611. The lowest BCUT2D eigenvalue weighted by molar-refractivity contribution is -0.123. The van der Waals surface area contributed by atoms with Gasteiger partial charge >= 0.3 is 0 Å². The van der Waals surface area contributed by atoms with Crippen molar-refractivity contribution in [2.75, 3.05) is 6.54 Å². The summed E-state index contributed by atoms with van der Waals surface area (Å²) in [7, 11) is 0. The van der Waals surface area contributed by atoms with Crippen molar-refractivity contribution in [3.63, 3.8) is 0 Å². The molecule has 0 aromatic carbocycles. The van der Waals surface area contributed by atoms with Gasteiger partial charge in [-0.3, -0.25) is 4.79 Å². The molecule has 0 spiro atoms. The molecule has 3 N–H and O–H groups in total. The van der Waals surface area contributed by atoms with Crippen LogP contribution < -0.4 is 11.1 Å². The predicted octanol–water partition coefficient (Wildman–Crippen LogP) is 2.84. The normalized spacial score (nSPS) is 14.7. The SMILES string of the molecule is CCCCCCCC(=O)NC(C)(CN)C(C)C. The second-order valence-corrected chi connectivity index (χ2v) is 5.49. The lowest BCUT2D eigenvalue weighted by atomic mass is 9.88. The summed E-state index contributed by atoms with van der Waals surface area (Å²) in [5.41, 5.74) is 5.47. The highest BCUT2D eigenvalue weighted by molar-refractivity contribution is 5.76. The Morgan fingerprint density at radius 2 is 1.82 bits per heavy atom. The fourth-order valence-corrected chi connectivity index (χ4v) is 1.70. The van der Waals surface area contributed by atoms with Crippen LogP contribution in [0.3, 0.4) is 0 Å². The predicted molar refractivity (Wildman–Crippen MR) is 73.8 cm³/mol.